The predicted octanol–water partition coefficient (Wildman–Crippen LogP) is 9.29. The number of halogens is 11. The van der Waals surface area contributed by atoms with Gasteiger partial charge in [-0.3, -0.25) is 9.59 Å². The Morgan fingerprint density at radius 3 is 2.17 bits per heavy atom. The molecule has 2 amide bonds. The van der Waals surface area contributed by atoms with E-state index in [1.165, 1.54) is 12.1 Å². The molecule has 1 aliphatic carbocycles. The third kappa shape index (κ3) is 6.03. The molecule has 216 valence electrons. The second-order valence-electron chi connectivity index (χ2n) is 8.78. The van der Waals surface area contributed by atoms with Gasteiger partial charge in [-0.15, -0.1) is 23.2 Å². The van der Waals surface area contributed by atoms with Crippen molar-refractivity contribution in [3.63, 3.8) is 0 Å². The van der Waals surface area contributed by atoms with Gasteiger partial charge in [0.1, 0.15) is 20.7 Å². The molecule has 2 unspecified atom stereocenters. The topological polar surface area (TPSA) is 84.2 Å². The van der Waals surface area contributed by atoms with Crippen LogP contribution in [0.5, 0.6) is 0 Å². The van der Waals surface area contributed by atoms with E-state index in [2.05, 4.69) is 10.6 Å². The lowest BCUT2D eigenvalue weighted by Gasteiger charge is -2.40. The Morgan fingerprint density at radius 2 is 1.55 bits per heavy atom. The van der Waals surface area contributed by atoms with Crippen LogP contribution in [0.1, 0.15) is 21.8 Å². The van der Waals surface area contributed by atoms with Crippen molar-refractivity contribution >= 4 is 85.5 Å². The molecule has 0 saturated heterocycles. The van der Waals surface area contributed by atoms with E-state index in [1.54, 1.807) is 0 Å². The van der Waals surface area contributed by atoms with Crippen molar-refractivity contribution in [2.45, 2.75) is 15.1 Å². The fraction of sp³-hybridized carbons (Fsp3) is 0.130. The maximum Gasteiger partial charge on any atom is 0.310 e. The molecule has 4 rings (SSSR count). The van der Waals surface area contributed by atoms with E-state index in [-0.39, 0.29) is 28.4 Å². The highest BCUT2D eigenvalue weighted by atomic mass is 35.5. The van der Waals surface area contributed by atoms with Gasteiger partial charge >= 0.3 is 10.2 Å². The minimum absolute atomic E-state index is 0.0562. The largest absolute Gasteiger partial charge is 0.394 e. The number of carbonyl (C=O) groups excluding carboxylic acids is 2. The number of alkyl halides is 2. The number of amides is 2. The van der Waals surface area contributed by atoms with Gasteiger partial charge in [-0.2, -0.15) is 0 Å². The molecule has 0 aliphatic heterocycles. The van der Waals surface area contributed by atoms with Gasteiger partial charge in [0.05, 0.1) is 22.2 Å². The zero-order valence-electron chi connectivity index (χ0n) is 19.2. The minimum Gasteiger partial charge on any atom is -0.394 e. The van der Waals surface area contributed by atoms with Crippen molar-refractivity contribution in [3.05, 3.63) is 81.3 Å². The van der Waals surface area contributed by atoms with E-state index in [9.17, 15) is 37.8 Å². The van der Waals surface area contributed by atoms with Crippen LogP contribution in [-0.4, -0.2) is 16.1 Å². The lowest BCUT2D eigenvalue weighted by Crippen LogP contribution is -2.18. The summed E-state index contributed by atoms with van der Waals surface area (Å²) >= 11 is 24.0. The van der Waals surface area contributed by atoms with E-state index in [4.69, 9.17) is 52.1 Å². The molecule has 3 aromatic rings. The summed E-state index contributed by atoms with van der Waals surface area (Å²) < 4.78 is 92.4. The van der Waals surface area contributed by atoms with Crippen LogP contribution in [0, 0.1) is 17.6 Å². The number of nitrogens with one attached hydrogen (secondary N) is 2. The summed E-state index contributed by atoms with van der Waals surface area (Å²) in [4.78, 5) is 23.3. The first-order valence-electron chi connectivity index (χ1n) is 10.7. The molecular formula is C23H14Cl4F7N3O2S. The van der Waals surface area contributed by atoms with E-state index in [0.29, 0.717) is 0 Å². The summed E-state index contributed by atoms with van der Waals surface area (Å²) in [6, 6.07) is 6.38. The number of benzene rings is 3. The predicted molar refractivity (Wildman–Crippen MR) is 142 cm³/mol. The van der Waals surface area contributed by atoms with E-state index >= 15 is 0 Å². The number of carbonyl (C=O) groups is 2. The standard InChI is InChI=1S/C23H14Cl4F7N3O2S/c24-10-5-9(6-12(7-10)40(30,31,32,33)34)17-18(23(17,26)27)22(39)36-11-1-2-14(25)13(8-11)21(38)37-16-4-3-15(28)20(35)19(16)29/h1-8,17-18H,35H2,(H,36,39)(H,37,38). The number of hydrogen-bond acceptors (Lipinski definition) is 3. The van der Waals surface area contributed by atoms with Crippen LogP contribution in [0.4, 0.5) is 45.3 Å². The summed E-state index contributed by atoms with van der Waals surface area (Å²) in [5.41, 5.74) is 3.20. The molecule has 0 bridgehead atoms. The molecule has 0 spiro atoms. The van der Waals surface area contributed by atoms with Gasteiger partial charge in [-0.1, -0.05) is 42.6 Å². The highest BCUT2D eigenvalue weighted by Gasteiger charge is 2.69. The van der Waals surface area contributed by atoms with Crippen LogP contribution in [-0.2, 0) is 4.79 Å². The Bertz CT molecular complexity index is 1590. The number of anilines is 3. The maximum absolute atomic E-state index is 14.2. The van der Waals surface area contributed by atoms with Crippen molar-refractivity contribution in [3.8, 4) is 0 Å². The normalized spacial score (nSPS) is 19.8. The van der Waals surface area contributed by atoms with Gasteiger partial charge in [-0.25, -0.2) is 8.78 Å². The molecule has 4 N–H and O–H groups in total. The number of rotatable bonds is 6. The molecule has 2 atom stereocenters. The van der Waals surface area contributed by atoms with E-state index in [1.807, 2.05) is 0 Å². The van der Waals surface area contributed by atoms with Gasteiger partial charge in [0, 0.05) is 16.6 Å². The molecule has 1 saturated carbocycles. The van der Waals surface area contributed by atoms with Crippen LogP contribution in [0.2, 0.25) is 10.0 Å². The molecular weight excluding hydrogens is 657 g/mol. The summed E-state index contributed by atoms with van der Waals surface area (Å²) in [5, 5.41) is 3.71. The van der Waals surface area contributed by atoms with Crippen LogP contribution in [0.3, 0.4) is 0 Å². The third-order valence-corrected chi connectivity index (χ3v) is 8.50. The Hall–Kier alpha value is -2.58. The molecule has 0 radical (unpaired) electrons. The maximum atomic E-state index is 14.2. The van der Waals surface area contributed by atoms with Crippen molar-refractivity contribution in [1.29, 1.82) is 0 Å². The number of nitrogen functional groups attached to an aromatic ring is 1. The zero-order chi connectivity index (χ0) is 30.1. The van der Waals surface area contributed by atoms with E-state index in [0.717, 1.165) is 24.3 Å². The fourth-order valence-electron chi connectivity index (χ4n) is 3.91. The fourth-order valence-corrected chi connectivity index (χ4v) is 5.96. The van der Waals surface area contributed by atoms with Crippen molar-refractivity contribution < 1.29 is 37.8 Å². The second-order valence-corrected chi connectivity index (χ2v) is 13.5. The molecule has 1 fully saturated rings. The monoisotopic (exact) mass is 669 g/mol. The van der Waals surface area contributed by atoms with Crippen LogP contribution in [0.15, 0.2) is 53.4 Å². The van der Waals surface area contributed by atoms with Gasteiger partial charge in [-0.05, 0) is 54.1 Å². The van der Waals surface area contributed by atoms with Crippen LogP contribution >= 0.6 is 56.6 Å². The Balaban J connectivity index is 1.57. The SMILES string of the molecule is Nc1c(F)ccc(NC(=O)c2cc(NC(=O)C3C(c4cc(Cl)cc(S(F)(F)(F)(F)F)c4)C3(Cl)Cl)ccc2Cl)c1F. The number of hydrogen-bond donors (Lipinski definition) is 3. The molecule has 0 heterocycles. The average Bonchev–Trinajstić information content (AvgIpc) is 3.40. The number of nitrogens with two attached hydrogens (primary N) is 1. The lowest BCUT2D eigenvalue weighted by molar-refractivity contribution is -0.117. The second kappa shape index (κ2) is 9.21. The first-order valence-corrected chi connectivity index (χ1v) is 14.1. The summed E-state index contributed by atoms with van der Waals surface area (Å²) in [6.45, 7) is 0. The molecule has 5 nitrogen and oxygen atoms in total. The van der Waals surface area contributed by atoms with Gasteiger partial charge in [0.2, 0.25) is 5.91 Å². The van der Waals surface area contributed by atoms with Crippen molar-refractivity contribution in [1.82, 2.24) is 0 Å². The first-order chi connectivity index (χ1) is 18.1. The molecule has 0 aromatic heterocycles. The smallest absolute Gasteiger partial charge is 0.310 e. The first kappa shape index (κ1) is 30.4. The lowest BCUT2D eigenvalue weighted by atomic mass is 10.1. The minimum atomic E-state index is -10.1. The highest BCUT2D eigenvalue weighted by Crippen LogP contribution is 3.02. The summed E-state index contributed by atoms with van der Waals surface area (Å²) in [5.74, 6) is -6.95. The van der Waals surface area contributed by atoms with Gasteiger partial charge < -0.3 is 16.4 Å². The zero-order valence-corrected chi connectivity index (χ0v) is 23.1. The Morgan fingerprint density at radius 1 is 0.900 bits per heavy atom. The van der Waals surface area contributed by atoms with E-state index < -0.39 is 76.7 Å². The van der Waals surface area contributed by atoms with Crippen molar-refractivity contribution in [2.75, 3.05) is 16.4 Å². The van der Waals surface area contributed by atoms with Gasteiger partial charge in [0.25, 0.3) is 5.91 Å². The molecule has 1 aliphatic rings. The Labute approximate surface area is 241 Å². The summed E-state index contributed by atoms with van der Waals surface area (Å²) in [6.07, 6.45) is 0. The molecule has 3 aromatic carbocycles. The molecule has 17 heteroatoms. The Kier molecular flexibility index (Phi) is 7.00. The van der Waals surface area contributed by atoms with Gasteiger partial charge in [0.15, 0.2) is 5.82 Å². The average molecular weight is 671 g/mol. The summed E-state index contributed by atoms with van der Waals surface area (Å²) in [7, 11) is -10.1. The van der Waals surface area contributed by atoms with Crippen molar-refractivity contribution in [2.24, 2.45) is 5.92 Å². The van der Waals surface area contributed by atoms with Crippen LogP contribution < -0.4 is 16.4 Å². The van der Waals surface area contributed by atoms with Crippen LogP contribution in [0.25, 0.3) is 0 Å². The third-order valence-electron chi connectivity index (χ3n) is 5.89. The highest BCUT2D eigenvalue weighted by molar-refractivity contribution is 8.45. The molecule has 40 heavy (non-hydrogen) atoms. The quantitative estimate of drug-likeness (QED) is 0.139.